The average Bonchev–Trinajstić information content (AvgIpc) is 1.65. The van der Waals surface area contributed by atoms with E-state index in [2.05, 4.69) is 6.58 Å². The fraction of sp³-hybridized carbons (Fsp3) is 0.500. The average molecular weight is 127 g/mol. The molecule has 0 aliphatic rings. The van der Waals surface area contributed by atoms with Crippen LogP contribution in [0.25, 0.3) is 0 Å². The maximum Gasteiger partial charge on any atom is 0.102 e. The van der Waals surface area contributed by atoms with Gasteiger partial charge in [0.25, 0.3) is 0 Å². The van der Waals surface area contributed by atoms with Crippen molar-refractivity contribution in [2.24, 2.45) is 16.9 Å². The molecule has 0 aliphatic heterocycles. The van der Waals surface area contributed by atoms with Gasteiger partial charge in [0.2, 0.25) is 0 Å². The van der Waals surface area contributed by atoms with Crippen LogP contribution < -0.4 is 11.5 Å². The molecule has 52 valence electrons. The molecule has 0 saturated carbocycles. The van der Waals surface area contributed by atoms with Crippen molar-refractivity contribution >= 4 is 5.84 Å². The lowest BCUT2D eigenvalue weighted by Crippen LogP contribution is -2.35. The minimum absolute atomic E-state index is 0.0509. The fourth-order valence-corrected chi connectivity index (χ4v) is 0.173. The number of hydrogen-bond donors (Lipinski definition) is 3. The standard InChI is InChI=1S/C6H13N3/c1-4(7)6(2,3)5(8)9/h1,7H2,2-3H3,(H3,8,9). The lowest BCUT2D eigenvalue weighted by molar-refractivity contribution is 0.610. The summed E-state index contributed by atoms with van der Waals surface area (Å²) in [5.41, 5.74) is 10.4. The molecule has 0 amide bonds. The van der Waals surface area contributed by atoms with Crippen molar-refractivity contribution in [2.75, 3.05) is 0 Å². The second kappa shape index (κ2) is 2.09. The Morgan fingerprint density at radius 1 is 1.44 bits per heavy atom. The van der Waals surface area contributed by atoms with Crippen LogP contribution in [0.2, 0.25) is 0 Å². The van der Waals surface area contributed by atoms with Gasteiger partial charge in [-0.1, -0.05) is 6.58 Å². The maximum atomic E-state index is 7.06. The zero-order valence-corrected chi connectivity index (χ0v) is 5.86. The summed E-state index contributed by atoms with van der Waals surface area (Å²) in [5, 5.41) is 7.06. The summed E-state index contributed by atoms with van der Waals surface area (Å²) < 4.78 is 0. The molecular formula is C6H13N3. The second-order valence-electron chi connectivity index (χ2n) is 2.56. The third-order valence-corrected chi connectivity index (χ3v) is 1.48. The molecular weight excluding hydrogens is 114 g/mol. The largest absolute Gasteiger partial charge is 0.402 e. The van der Waals surface area contributed by atoms with E-state index < -0.39 is 5.41 Å². The smallest absolute Gasteiger partial charge is 0.102 e. The van der Waals surface area contributed by atoms with Crippen molar-refractivity contribution in [3.05, 3.63) is 12.3 Å². The fourth-order valence-electron chi connectivity index (χ4n) is 0.173. The number of hydrogen-bond acceptors (Lipinski definition) is 2. The third-order valence-electron chi connectivity index (χ3n) is 1.48. The minimum Gasteiger partial charge on any atom is -0.402 e. The zero-order valence-electron chi connectivity index (χ0n) is 5.86. The lowest BCUT2D eigenvalue weighted by Gasteiger charge is -2.21. The van der Waals surface area contributed by atoms with Crippen LogP contribution in [-0.2, 0) is 0 Å². The molecule has 9 heavy (non-hydrogen) atoms. The van der Waals surface area contributed by atoms with Gasteiger partial charge in [-0.05, 0) is 13.8 Å². The molecule has 3 heteroatoms. The summed E-state index contributed by atoms with van der Waals surface area (Å²) in [5.74, 6) is 0.0509. The van der Waals surface area contributed by atoms with Crippen LogP contribution in [0.1, 0.15) is 13.8 Å². The SMILES string of the molecule is C=C(N)C(C)(C)C(=N)N. The molecule has 0 unspecified atom stereocenters. The van der Waals surface area contributed by atoms with Gasteiger partial charge in [0.1, 0.15) is 5.84 Å². The van der Waals surface area contributed by atoms with E-state index in [-0.39, 0.29) is 5.84 Å². The van der Waals surface area contributed by atoms with E-state index in [0.717, 1.165) is 0 Å². The van der Waals surface area contributed by atoms with Gasteiger partial charge in [-0.2, -0.15) is 0 Å². The monoisotopic (exact) mass is 127 g/mol. The van der Waals surface area contributed by atoms with Crippen molar-refractivity contribution in [1.82, 2.24) is 0 Å². The van der Waals surface area contributed by atoms with E-state index in [1.165, 1.54) is 0 Å². The molecule has 0 aromatic heterocycles. The molecule has 0 saturated heterocycles. The first-order chi connectivity index (χ1) is 3.89. The quantitative estimate of drug-likeness (QED) is 0.371. The summed E-state index contributed by atoms with van der Waals surface area (Å²) in [7, 11) is 0. The molecule has 3 nitrogen and oxygen atoms in total. The van der Waals surface area contributed by atoms with Crippen molar-refractivity contribution in [1.29, 1.82) is 5.41 Å². The van der Waals surface area contributed by atoms with Crippen molar-refractivity contribution < 1.29 is 0 Å². The molecule has 0 heterocycles. The second-order valence-corrected chi connectivity index (χ2v) is 2.56. The van der Waals surface area contributed by atoms with Gasteiger partial charge in [-0.15, -0.1) is 0 Å². The van der Waals surface area contributed by atoms with Gasteiger partial charge in [0, 0.05) is 5.70 Å². The van der Waals surface area contributed by atoms with Crippen LogP contribution in [0.15, 0.2) is 12.3 Å². The molecule has 0 fully saturated rings. The minimum atomic E-state index is -0.556. The van der Waals surface area contributed by atoms with E-state index >= 15 is 0 Å². The first kappa shape index (κ1) is 8.01. The summed E-state index contributed by atoms with van der Waals surface area (Å²) >= 11 is 0. The van der Waals surface area contributed by atoms with Crippen molar-refractivity contribution in [3.63, 3.8) is 0 Å². The molecule has 0 aliphatic carbocycles. The Morgan fingerprint density at radius 3 is 1.78 bits per heavy atom. The molecule has 0 aromatic rings. The lowest BCUT2D eigenvalue weighted by atomic mass is 9.89. The van der Waals surface area contributed by atoms with Gasteiger partial charge in [-0.25, -0.2) is 0 Å². The first-order valence-electron chi connectivity index (χ1n) is 2.68. The maximum absolute atomic E-state index is 7.06. The normalized spacial score (nSPS) is 10.9. The van der Waals surface area contributed by atoms with E-state index in [9.17, 15) is 0 Å². The van der Waals surface area contributed by atoms with Gasteiger partial charge >= 0.3 is 0 Å². The van der Waals surface area contributed by atoms with Gasteiger partial charge in [-0.3, -0.25) is 5.41 Å². The molecule has 0 radical (unpaired) electrons. The van der Waals surface area contributed by atoms with E-state index in [1.807, 2.05) is 0 Å². The predicted molar refractivity (Wildman–Crippen MR) is 39.0 cm³/mol. The van der Waals surface area contributed by atoms with Crippen molar-refractivity contribution in [2.45, 2.75) is 13.8 Å². The van der Waals surface area contributed by atoms with Crippen molar-refractivity contribution in [3.8, 4) is 0 Å². The third kappa shape index (κ3) is 1.45. The Labute approximate surface area is 55.2 Å². The van der Waals surface area contributed by atoms with E-state index in [4.69, 9.17) is 16.9 Å². The molecule has 5 N–H and O–H groups in total. The highest BCUT2D eigenvalue weighted by atomic mass is 14.8. The molecule has 0 bridgehead atoms. The number of rotatable bonds is 2. The molecule has 0 atom stereocenters. The summed E-state index contributed by atoms with van der Waals surface area (Å²) in [6.07, 6.45) is 0. The van der Waals surface area contributed by atoms with E-state index in [1.54, 1.807) is 13.8 Å². The summed E-state index contributed by atoms with van der Waals surface area (Å²) in [6, 6.07) is 0. The molecule has 0 spiro atoms. The Bertz CT molecular complexity index is 130. The molecule has 0 aromatic carbocycles. The van der Waals surface area contributed by atoms with E-state index in [0.29, 0.717) is 5.70 Å². The van der Waals surface area contributed by atoms with Crippen LogP contribution in [0.4, 0.5) is 0 Å². The zero-order chi connectivity index (χ0) is 7.65. The highest BCUT2D eigenvalue weighted by Crippen LogP contribution is 2.19. The first-order valence-corrected chi connectivity index (χ1v) is 2.68. The number of nitrogens with two attached hydrogens (primary N) is 2. The van der Waals surface area contributed by atoms with Crippen LogP contribution in [0.3, 0.4) is 0 Å². The Hall–Kier alpha value is -0.990. The van der Waals surface area contributed by atoms with Gasteiger partial charge < -0.3 is 11.5 Å². The molecule has 0 rings (SSSR count). The number of amidine groups is 1. The van der Waals surface area contributed by atoms with Crippen LogP contribution in [0, 0.1) is 10.8 Å². The topological polar surface area (TPSA) is 75.9 Å². The Balaban J connectivity index is 4.38. The Morgan fingerprint density at radius 2 is 1.78 bits per heavy atom. The highest BCUT2D eigenvalue weighted by molar-refractivity contribution is 5.85. The van der Waals surface area contributed by atoms with Gasteiger partial charge in [0.15, 0.2) is 0 Å². The predicted octanol–water partition coefficient (Wildman–Crippen LogP) is 0.421. The van der Waals surface area contributed by atoms with Crippen LogP contribution >= 0.6 is 0 Å². The van der Waals surface area contributed by atoms with Crippen LogP contribution in [0.5, 0.6) is 0 Å². The number of nitrogens with one attached hydrogen (secondary N) is 1. The summed E-state index contributed by atoms with van der Waals surface area (Å²) in [6.45, 7) is 7.03. The highest BCUT2D eigenvalue weighted by Gasteiger charge is 2.22. The Kier molecular flexibility index (Phi) is 1.86. The summed E-state index contributed by atoms with van der Waals surface area (Å²) in [4.78, 5) is 0. The van der Waals surface area contributed by atoms with Crippen LogP contribution in [-0.4, -0.2) is 5.84 Å². The van der Waals surface area contributed by atoms with Gasteiger partial charge in [0.05, 0.1) is 5.41 Å².